The number of nitrogens with one attached hydrogen (secondary N) is 2. The molecule has 1 aromatic carbocycles. The zero-order chi connectivity index (χ0) is 15.5. The molecule has 0 bridgehead atoms. The van der Waals surface area contributed by atoms with Crippen molar-refractivity contribution in [2.45, 2.75) is 13.0 Å². The minimum Gasteiger partial charge on any atom is -0.345 e. The second-order valence-corrected chi connectivity index (χ2v) is 5.07. The minimum absolute atomic E-state index is 0.173. The van der Waals surface area contributed by atoms with Gasteiger partial charge in [-0.2, -0.15) is 0 Å². The summed E-state index contributed by atoms with van der Waals surface area (Å²) in [6.45, 7) is 1.89. The van der Waals surface area contributed by atoms with Crippen LogP contribution in [0.5, 0.6) is 0 Å². The number of benzene rings is 1. The Balaban J connectivity index is 1.94. The van der Waals surface area contributed by atoms with Crippen LogP contribution in [0.1, 0.15) is 28.9 Å². The van der Waals surface area contributed by atoms with Gasteiger partial charge in [0.15, 0.2) is 0 Å². The molecule has 0 radical (unpaired) electrons. The van der Waals surface area contributed by atoms with Gasteiger partial charge >= 0.3 is 0 Å². The van der Waals surface area contributed by atoms with Crippen molar-refractivity contribution in [2.24, 2.45) is 0 Å². The van der Waals surface area contributed by atoms with Crippen LogP contribution in [0.2, 0.25) is 0 Å². The first-order chi connectivity index (χ1) is 10.6. The molecule has 3 rings (SSSR count). The van der Waals surface area contributed by atoms with E-state index in [0.29, 0.717) is 11.1 Å². The van der Waals surface area contributed by atoms with E-state index in [1.54, 1.807) is 18.5 Å². The first kappa shape index (κ1) is 14.0. The summed E-state index contributed by atoms with van der Waals surface area (Å²) in [6.07, 6.45) is 3.36. The van der Waals surface area contributed by atoms with Crippen molar-refractivity contribution >= 4 is 16.8 Å². The standard InChI is InChI=1S/C17H15N3O2/c1-11(12-6-8-18-9-7-12)19-17(22)14-10-16(21)20-15-5-3-2-4-13(14)15/h2-11H,1H3,(H,19,22)(H,20,21)/t11-/m0/s1. The van der Waals surface area contributed by atoms with E-state index in [-0.39, 0.29) is 17.5 Å². The third kappa shape index (κ3) is 2.74. The highest BCUT2D eigenvalue weighted by Crippen LogP contribution is 2.16. The van der Waals surface area contributed by atoms with Gasteiger partial charge in [-0.25, -0.2) is 0 Å². The second-order valence-electron chi connectivity index (χ2n) is 5.07. The molecular weight excluding hydrogens is 278 g/mol. The van der Waals surface area contributed by atoms with Crippen LogP contribution in [-0.2, 0) is 0 Å². The number of aromatic amines is 1. The Labute approximate surface area is 127 Å². The average molecular weight is 293 g/mol. The van der Waals surface area contributed by atoms with E-state index < -0.39 is 0 Å². The molecule has 0 aliphatic carbocycles. The molecule has 0 spiro atoms. The molecule has 110 valence electrons. The molecule has 0 aliphatic rings. The highest BCUT2D eigenvalue weighted by atomic mass is 16.2. The summed E-state index contributed by atoms with van der Waals surface area (Å²) in [5.41, 5.74) is 1.69. The SMILES string of the molecule is C[C@H](NC(=O)c1cc(=O)[nH]c2ccccc12)c1ccncc1. The van der Waals surface area contributed by atoms with Crippen molar-refractivity contribution in [3.8, 4) is 0 Å². The van der Waals surface area contributed by atoms with Crippen molar-refractivity contribution in [2.75, 3.05) is 0 Å². The number of hydrogen-bond donors (Lipinski definition) is 2. The van der Waals surface area contributed by atoms with Crippen molar-refractivity contribution < 1.29 is 4.79 Å². The van der Waals surface area contributed by atoms with E-state index in [9.17, 15) is 9.59 Å². The Kier molecular flexibility index (Phi) is 3.70. The van der Waals surface area contributed by atoms with Crippen LogP contribution in [-0.4, -0.2) is 15.9 Å². The zero-order valence-electron chi connectivity index (χ0n) is 12.0. The summed E-state index contributed by atoms with van der Waals surface area (Å²) in [4.78, 5) is 30.9. The van der Waals surface area contributed by atoms with Gasteiger partial charge in [-0.1, -0.05) is 18.2 Å². The van der Waals surface area contributed by atoms with Gasteiger partial charge in [0.1, 0.15) is 0 Å². The van der Waals surface area contributed by atoms with Gasteiger partial charge in [-0.15, -0.1) is 0 Å². The maximum Gasteiger partial charge on any atom is 0.252 e. The van der Waals surface area contributed by atoms with E-state index in [4.69, 9.17) is 0 Å². The summed E-state index contributed by atoms with van der Waals surface area (Å²) in [6, 6.07) is 12.1. The highest BCUT2D eigenvalue weighted by molar-refractivity contribution is 6.06. The number of para-hydroxylation sites is 1. The Morgan fingerprint density at radius 2 is 1.91 bits per heavy atom. The third-order valence-corrected chi connectivity index (χ3v) is 3.55. The summed E-state index contributed by atoms with van der Waals surface area (Å²) < 4.78 is 0. The summed E-state index contributed by atoms with van der Waals surface area (Å²) in [5.74, 6) is -0.272. The third-order valence-electron chi connectivity index (χ3n) is 3.55. The van der Waals surface area contributed by atoms with Crippen LogP contribution in [0.4, 0.5) is 0 Å². The van der Waals surface area contributed by atoms with Crippen molar-refractivity contribution in [3.05, 3.63) is 76.3 Å². The quantitative estimate of drug-likeness (QED) is 0.778. The Morgan fingerprint density at radius 1 is 1.18 bits per heavy atom. The summed E-state index contributed by atoms with van der Waals surface area (Å²) in [7, 11) is 0. The van der Waals surface area contributed by atoms with Crippen LogP contribution < -0.4 is 10.9 Å². The summed E-state index contributed by atoms with van der Waals surface area (Å²) >= 11 is 0. The smallest absolute Gasteiger partial charge is 0.252 e. The van der Waals surface area contributed by atoms with E-state index in [2.05, 4.69) is 15.3 Å². The molecule has 0 aliphatic heterocycles. The first-order valence-corrected chi connectivity index (χ1v) is 6.98. The molecule has 2 heterocycles. The molecule has 2 aromatic heterocycles. The van der Waals surface area contributed by atoms with E-state index in [1.807, 2.05) is 37.3 Å². The van der Waals surface area contributed by atoms with Crippen LogP contribution in [0.25, 0.3) is 10.9 Å². The fourth-order valence-electron chi connectivity index (χ4n) is 2.40. The van der Waals surface area contributed by atoms with Crippen LogP contribution in [0, 0.1) is 0 Å². The van der Waals surface area contributed by atoms with Gasteiger partial charge < -0.3 is 10.3 Å². The lowest BCUT2D eigenvalue weighted by Gasteiger charge is -2.15. The second kappa shape index (κ2) is 5.81. The number of nitrogens with zero attached hydrogens (tertiary/aromatic N) is 1. The van der Waals surface area contributed by atoms with Gasteiger partial charge in [-0.05, 0) is 30.7 Å². The number of carbonyl (C=O) groups excluding carboxylic acids is 1. The fourth-order valence-corrected chi connectivity index (χ4v) is 2.40. The Bertz CT molecular complexity index is 872. The van der Waals surface area contributed by atoms with Gasteiger partial charge in [0.25, 0.3) is 5.91 Å². The normalized spacial score (nSPS) is 12.0. The molecule has 2 N–H and O–H groups in total. The molecule has 5 nitrogen and oxygen atoms in total. The van der Waals surface area contributed by atoms with Crippen LogP contribution in [0.3, 0.4) is 0 Å². The molecule has 3 aromatic rings. The predicted octanol–water partition coefficient (Wildman–Crippen LogP) is 2.41. The van der Waals surface area contributed by atoms with Gasteiger partial charge in [0, 0.05) is 29.4 Å². The number of pyridine rings is 2. The molecule has 0 fully saturated rings. The Morgan fingerprint density at radius 3 is 2.68 bits per heavy atom. The molecule has 0 saturated heterocycles. The lowest BCUT2D eigenvalue weighted by Crippen LogP contribution is -2.28. The number of fused-ring (bicyclic) bond motifs is 1. The average Bonchev–Trinajstić information content (AvgIpc) is 2.54. The topological polar surface area (TPSA) is 74.8 Å². The predicted molar refractivity (Wildman–Crippen MR) is 84.7 cm³/mol. The van der Waals surface area contributed by atoms with Crippen molar-refractivity contribution in [1.29, 1.82) is 0 Å². The van der Waals surface area contributed by atoms with Gasteiger partial charge in [0.05, 0.1) is 11.6 Å². The maximum absolute atomic E-state index is 12.5. The van der Waals surface area contributed by atoms with Crippen LogP contribution in [0.15, 0.2) is 59.7 Å². The van der Waals surface area contributed by atoms with Gasteiger partial charge in [0.2, 0.25) is 5.56 Å². The van der Waals surface area contributed by atoms with Gasteiger partial charge in [-0.3, -0.25) is 14.6 Å². The molecule has 0 saturated carbocycles. The highest BCUT2D eigenvalue weighted by Gasteiger charge is 2.14. The zero-order valence-corrected chi connectivity index (χ0v) is 12.0. The lowest BCUT2D eigenvalue weighted by atomic mass is 10.1. The maximum atomic E-state index is 12.5. The minimum atomic E-state index is -0.291. The number of carbonyl (C=O) groups is 1. The number of rotatable bonds is 3. The Hall–Kier alpha value is -2.95. The van der Waals surface area contributed by atoms with E-state index in [1.165, 1.54) is 6.07 Å². The first-order valence-electron chi connectivity index (χ1n) is 6.98. The number of H-pyrrole nitrogens is 1. The molecule has 0 unspecified atom stereocenters. The van der Waals surface area contributed by atoms with Crippen molar-refractivity contribution in [3.63, 3.8) is 0 Å². The molecule has 5 heteroatoms. The van der Waals surface area contributed by atoms with E-state index >= 15 is 0 Å². The molecular formula is C17H15N3O2. The number of aromatic nitrogens is 2. The summed E-state index contributed by atoms with van der Waals surface area (Å²) in [5, 5.41) is 3.64. The monoisotopic (exact) mass is 293 g/mol. The largest absolute Gasteiger partial charge is 0.345 e. The van der Waals surface area contributed by atoms with Crippen molar-refractivity contribution in [1.82, 2.24) is 15.3 Å². The molecule has 22 heavy (non-hydrogen) atoms. The molecule has 1 amide bonds. The lowest BCUT2D eigenvalue weighted by molar-refractivity contribution is 0.0941. The number of hydrogen-bond acceptors (Lipinski definition) is 3. The fraction of sp³-hybridized carbons (Fsp3) is 0.118. The molecule has 1 atom stereocenters. The van der Waals surface area contributed by atoms with Crippen LogP contribution >= 0.6 is 0 Å². The number of amides is 1. The van der Waals surface area contributed by atoms with E-state index in [0.717, 1.165) is 10.9 Å².